The Morgan fingerprint density at radius 2 is 1.88 bits per heavy atom. The molecule has 172 valence electrons. The highest BCUT2D eigenvalue weighted by molar-refractivity contribution is 7.18. The van der Waals surface area contributed by atoms with E-state index in [1.807, 2.05) is 18.2 Å². The van der Waals surface area contributed by atoms with E-state index in [4.69, 9.17) is 0 Å². The molecule has 0 spiro atoms. The van der Waals surface area contributed by atoms with Gasteiger partial charge < -0.3 is 20.2 Å². The molecule has 2 aromatic rings. The summed E-state index contributed by atoms with van der Waals surface area (Å²) in [5, 5.41) is 24.9. The third-order valence-corrected chi connectivity index (χ3v) is 7.48. The first-order chi connectivity index (χ1) is 14.9. The number of rotatable bonds is 4. The van der Waals surface area contributed by atoms with Gasteiger partial charge in [0.1, 0.15) is 5.75 Å². The lowest BCUT2D eigenvalue weighted by atomic mass is 9.79. The first kappa shape index (κ1) is 22.7. The van der Waals surface area contributed by atoms with Crippen molar-refractivity contribution in [1.82, 2.24) is 20.4 Å². The summed E-state index contributed by atoms with van der Waals surface area (Å²) in [6, 6.07) is 6.03. The number of carbonyl (C=O) groups is 1. The summed E-state index contributed by atoms with van der Waals surface area (Å²) < 4.78 is 0. The fourth-order valence-electron chi connectivity index (χ4n) is 5.11. The van der Waals surface area contributed by atoms with Gasteiger partial charge in [-0.1, -0.05) is 23.5 Å². The SMILES string of the molecule is CN1CC(c2ccc(-c3nnc(N(C)C4CC(C)(C)NC(C)(C)C4)s3)c(O)c2)C=CC1=O. The third kappa shape index (κ3) is 4.66. The fourth-order valence-corrected chi connectivity index (χ4v) is 6.03. The highest BCUT2D eigenvalue weighted by atomic mass is 32.1. The number of anilines is 1. The highest BCUT2D eigenvalue weighted by Crippen LogP contribution is 2.39. The zero-order chi connectivity index (χ0) is 23.3. The monoisotopic (exact) mass is 455 g/mol. The quantitative estimate of drug-likeness (QED) is 0.730. The van der Waals surface area contributed by atoms with Crippen LogP contribution in [0.3, 0.4) is 0 Å². The Kier molecular flexibility index (Phi) is 5.79. The fraction of sp³-hybridized carbons (Fsp3) is 0.542. The molecular weight excluding hydrogens is 422 g/mol. The summed E-state index contributed by atoms with van der Waals surface area (Å²) in [6.45, 7) is 9.58. The normalized spacial score (nSPS) is 22.9. The van der Waals surface area contributed by atoms with Crippen LogP contribution in [0, 0.1) is 0 Å². The van der Waals surface area contributed by atoms with Gasteiger partial charge in [0.05, 0.1) is 5.56 Å². The average molecular weight is 456 g/mol. The summed E-state index contributed by atoms with van der Waals surface area (Å²) >= 11 is 1.50. The second-order valence-corrected chi connectivity index (χ2v) is 11.4. The van der Waals surface area contributed by atoms with E-state index >= 15 is 0 Å². The molecule has 1 saturated heterocycles. The molecule has 2 aliphatic rings. The number of aromatic hydroxyl groups is 1. The van der Waals surface area contributed by atoms with Crippen molar-refractivity contribution >= 4 is 22.4 Å². The molecule has 0 bridgehead atoms. The predicted octanol–water partition coefficient (Wildman–Crippen LogP) is 3.77. The summed E-state index contributed by atoms with van der Waals surface area (Å²) in [4.78, 5) is 15.6. The van der Waals surface area contributed by atoms with Gasteiger partial charge in [0.2, 0.25) is 11.0 Å². The van der Waals surface area contributed by atoms with Crippen molar-refractivity contribution in [2.24, 2.45) is 0 Å². The molecule has 4 rings (SSSR count). The maximum absolute atomic E-state index is 11.7. The van der Waals surface area contributed by atoms with Gasteiger partial charge in [0.25, 0.3) is 0 Å². The smallest absolute Gasteiger partial charge is 0.246 e. The number of phenolic OH excluding ortho intramolecular Hbond substituents is 1. The van der Waals surface area contributed by atoms with Crippen LogP contribution in [-0.2, 0) is 4.79 Å². The minimum absolute atomic E-state index is 0.00752. The second-order valence-electron chi connectivity index (χ2n) is 10.4. The van der Waals surface area contributed by atoms with Gasteiger partial charge in [-0.05, 0) is 64.3 Å². The van der Waals surface area contributed by atoms with Gasteiger partial charge in [-0.3, -0.25) is 4.79 Å². The Labute approximate surface area is 194 Å². The van der Waals surface area contributed by atoms with Gasteiger partial charge in [-0.15, -0.1) is 10.2 Å². The van der Waals surface area contributed by atoms with E-state index in [2.05, 4.69) is 55.2 Å². The van der Waals surface area contributed by atoms with Crippen LogP contribution in [0.2, 0.25) is 0 Å². The molecule has 1 aromatic carbocycles. The Morgan fingerprint density at radius 3 is 2.50 bits per heavy atom. The summed E-state index contributed by atoms with van der Waals surface area (Å²) in [6.07, 6.45) is 5.54. The maximum atomic E-state index is 11.7. The molecular formula is C24H33N5O2S. The molecule has 2 aliphatic heterocycles. The van der Waals surface area contributed by atoms with Crippen LogP contribution in [0.15, 0.2) is 30.4 Å². The first-order valence-corrected chi connectivity index (χ1v) is 11.9. The Balaban J connectivity index is 1.53. The number of benzene rings is 1. The third-order valence-electron chi connectivity index (χ3n) is 6.43. The molecule has 2 N–H and O–H groups in total. The zero-order valence-corrected chi connectivity index (χ0v) is 20.5. The molecule has 8 heteroatoms. The average Bonchev–Trinajstić information content (AvgIpc) is 3.17. The van der Waals surface area contributed by atoms with Gasteiger partial charge in [-0.2, -0.15) is 0 Å². The molecule has 1 aromatic heterocycles. The summed E-state index contributed by atoms with van der Waals surface area (Å²) in [5.74, 6) is 0.262. The summed E-state index contributed by atoms with van der Waals surface area (Å²) in [5.41, 5.74) is 1.76. The standard InChI is InChI=1S/C24H33N5O2S/c1-23(2)12-17(13-24(3,4)27-23)29(6)22-26-25-21(32-22)18-9-7-15(11-19(18)30)16-8-10-20(31)28(5)14-16/h7-11,16-17,27,30H,12-14H2,1-6H3. The van der Waals surface area contributed by atoms with Crippen molar-refractivity contribution in [1.29, 1.82) is 0 Å². The molecule has 0 aliphatic carbocycles. The van der Waals surface area contributed by atoms with Crippen LogP contribution in [0.5, 0.6) is 5.75 Å². The highest BCUT2D eigenvalue weighted by Gasteiger charge is 2.39. The lowest BCUT2D eigenvalue weighted by Gasteiger charge is -2.48. The zero-order valence-electron chi connectivity index (χ0n) is 19.7. The second kappa shape index (κ2) is 8.15. The van der Waals surface area contributed by atoms with Crippen molar-refractivity contribution in [3.05, 3.63) is 35.9 Å². The molecule has 0 radical (unpaired) electrons. The van der Waals surface area contributed by atoms with Crippen LogP contribution in [0.4, 0.5) is 5.13 Å². The Bertz CT molecular complexity index is 1030. The minimum Gasteiger partial charge on any atom is -0.507 e. The number of aromatic nitrogens is 2. The molecule has 32 heavy (non-hydrogen) atoms. The number of hydrogen-bond acceptors (Lipinski definition) is 7. The number of carbonyl (C=O) groups excluding carboxylic acids is 1. The molecule has 1 amide bonds. The maximum Gasteiger partial charge on any atom is 0.246 e. The number of nitrogens with zero attached hydrogens (tertiary/aromatic N) is 4. The van der Waals surface area contributed by atoms with E-state index in [1.165, 1.54) is 11.3 Å². The molecule has 1 unspecified atom stereocenters. The molecule has 7 nitrogen and oxygen atoms in total. The van der Waals surface area contributed by atoms with Crippen molar-refractivity contribution in [2.45, 2.75) is 63.6 Å². The lowest BCUT2D eigenvalue weighted by Crippen LogP contribution is -2.61. The largest absolute Gasteiger partial charge is 0.507 e. The molecule has 1 atom stereocenters. The van der Waals surface area contributed by atoms with E-state index in [9.17, 15) is 9.90 Å². The lowest BCUT2D eigenvalue weighted by molar-refractivity contribution is -0.125. The van der Waals surface area contributed by atoms with E-state index in [0.29, 0.717) is 23.2 Å². The van der Waals surface area contributed by atoms with Crippen molar-refractivity contribution in [3.63, 3.8) is 0 Å². The molecule has 3 heterocycles. The van der Waals surface area contributed by atoms with Crippen LogP contribution < -0.4 is 10.2 Å². The number of piperidine rings is 1. The summed E-state index contributed by atoms with van der Waals surface area (Å²) in [7, 11) is 3.87. The minimum atomic E-state index is 0.00752. The molecule has 0 saturated carbocycles. The van der Waals surface area contributed by atoms with Crippen molar-refractivity contribution in [2.75, 3.05) is 25.5 Å². The van der Waals surface area contributed by atoms with Gasteiger partial charge >= 0.3 is 0 Å². The van der Waals surface area contributed by atoms with Gasteiger partial charge in [0, 0.05) is 43.7 Å². The number of likely N-dealkylation sites (N-methyl/N-ethyl adjacent to an activating group) is 1. The van der Waals surface area contributed by atoms with E-state index < -0.39 is 0 Å². The van der Waals surface area contributed by atoms with Gasteiger partial charge in [-0.25, -0.2) is 0 Å². The van der Waals surface area contributed by atoms with E-state index in [-0.39, 0.29) is 28.7 Å². The topological polar surface area (TPSA) is 81.6 Å². The van der Waals surface area contributed by atoms with E-state index in [0.717, 1.165) is 23.5 Å². The predicted molar refractivity (Wildman–Crippen MR) is 129 cm³/mol. The van der Waals surface area contributed by atoms with Crippen molar-refractivity contribution < 1.29 is 9.90 Å². The van der Waals surface area contributed by atoms with Crippen LogP contribution >= 0.6 is 11.3 Å². The van der Waals surface area contributed by atoms with E-state index in [1.54, 1.807) is 24.1 Å². The van der Waals surface area contributed by atoms with Gasteiger partial charge in [0.15, 0.2) is 5.01 Å². The van der Waals surface area contributed by atoms with Crippen LogP contribution in [0.1, 0.15) is 52.0 Å². The van der Waals surface area contributed by atoms with Crippen LogP contribution in [-0.4, -0.2) is 63.9 Å². The van der Waals surface area contributed by atoms with Crippen molar-refractivity contribution in [3.8, 4) is 16.3 Å². The Morgan fingerprint density at radius 1 is 1.19 bits per heavy atom. The number of nitrogens with one attached hydrogen (secondary N) is 1. The number of amides is 1. The number of hydrogen-bond donors (Lipinski definition) is 2. The Hall–Kier alpha value is -2.45. The molecule has 1 fully saturated rings. The number of phenols is 1. The first-order valence-electron chi connectivity index (χ1n) is 11.1. The van der Waals surface area contributed by atoms with Crippen LogP contribution in [0.25, 0.3) is 10.6 Å².